The van der Waals surface area contributed by atoms with Gasteiger partial charge in [0, 0.05) is 24.6 Å². The molecule has 1 N–H and O–H groups in total. The van der Waals surface area contributed by atoms with Crippen molar-refractivity contribution in [2.75, 3.05) is 0 Å². The van der Waals surface area contributed by atoms with Gasteiger partial charge in [-0.05, 0) is 6.07 Å². The number of rotatable bonds is 0. The van der Waals surface area contributed by atoms with Gasteiger partial charge in [-0.15, -0.1) is 0 Å². The molecule has 15 heavy (non-hydrogen) atoms. The second-order valence-corrected chi connectivity index (χ2v) is 3.16. The molecule has 0 aliphatic rings. The van der Waals surface area contributed by atoms with Crippen LogP contribution in [0.1, 0.15) is 11.7 Å². The highest BCUT2D eigenvalue weighted by molar-refractivity contribution is 5.92. The van der Waals surface area contributed by atoms with Gasteiger partial charge in [0.05, 0.1) is 5.52 Å². The summed E-state index contributed by atoms with van der Waals surface area (Å²) >= 11 is 0. The highest BCUT2D eigenvalue weighted by atomic mass is 19.1. The summed E-state index contributed by atoms with van der Waals surface area (Å²) in [6.07, 6.45) is 1.26. The molecular weight excluding hydrogens is 204 g/mol. The maximum absolute atomic E-state index is 13.4. The van der Waals surface area contributed by atoms with Crippen LogP contribution in [0.25, 0.3) is 10.9 Å². The first-order valence-corrected chi connectivity index (χ1v) is 4.21. The summed E-state index contributed by atoms with van der Waals surface area (Å²) in [6, 6.07) is 1.89. The standard InChI is InChI=1S/C10H7F2NO2/c1-5(14)13-3-2-6-9(12)8(15)4-7(11)10(6)13/h2-4,15H,1H3. The van der Waals surface area contributed by atoms with Crippen molar-refractivity contribution in [3.05, 3.63) is 30.0 Å². The second kappa shape index (κ2) is 3.05. The van der Waals surface area contributed by atoms with Crippen molar-refractivity contribution >= 4 is 16.8 Å². The molecule has 0 amide bonds. The summed E-state index contributed by atoms with van der Waals surface area (Å²) in [7, 11) is 0. The van der Waals surface area contributed by atoms with Crippen LogP contribution in [0.4, 0.5) is 8.78 Å². The Labute approximate surface area is 83.5 Å². The smallest absolute Gasteiger partial charge is 0.228 e. The quantitative estimate of drug-likeness (QED) is 0.726. The highest BCUT2D eigenvalue weighted by Crippen LogP contribution is 2.28. The van der Waals surface area contributed by atoms with Crippen LogP contribution in [0.2, 0.25) is 0 Å². The zero-order valence-electron chi connectivity index (χ0n) is 7.79. The van der Waals surface area contributed by atoms with Gasteiger partial charge in [-0.2, -0.15) is 0 Å². The van der Waals surface area contributed by atoms with Gasteiger partial charge in [0.1, 0.15) is 0 Å². The van der Waals surface area contributed by atoms with Gasteiger partial charge in [-0.3, -0.25) is 9.36 Å². The molecule has 0 saturated heterocycles. The molecule has 2 rings (SSSR count). The van der Waals surface area contributed by atoms with E-state index in [0.717, 1.165) is 4.57 Å². The van der Waals surface area contributed by atoms with Crippen molar-refractivity contribution < 1.29 is 18.7 Å². The Morgan fingerprint density at radius 3 is 2.73 bits per heavy atom. The van der Waals surface area contributed by atoms with E-state index in [0.29, 0.717) is 6.07 Å². The van der Waals surface area contributed by atoms with Crippen LogP contribution >= 0.6 is 0 Å². The van der Waals surface area contributed by atoms with Gasteiger partial charge in [0.25, 0.3) is 0 Å². The molecule has 5 heteroatoms. The van der Waals surface area contributed by atoms with Crippen LogP contribution in [0.15, 0.2) is 18.3 Å². The third-order valence-corrected chi connectivity index (χ3v) is 2.18. The third-order valence-electron chi connectivity index (χ3n) is 2.18. The molecule has 0 unspecified atom stereocenters. The molecule has 0 atom stereocenters. The third kappa shape index (κ3) is 1.27. The predicted octanol–water partition coefficient (Wildman–Crippen LogP) is 2.29. The highest BCUT2D eigenvalue weighted by Gasteiger charge is 2.16. The summed E-state index contributed by atoms with van der Waals surface area (Å²) in [4.78, 5) is 11.1. The Morgan fingerprint density at radius 2 is 2.13 bits per heavy atom. The lowest BCUT2D eigenvalue weighted by atomic mass is 10.2. The fourth-order valence-corrected chi connectivity index (χ4v) is 1.51. The molecule has 0 aliphatic carbocycles. The average Bonchev–Trinajstić information content (AvgIpc) is 2.58. The predicted molar refractivity (Wildman–Crippen MR) is 49.8 cm³/mol. The molecule has 2 aromatic rings. The number of hydrogen-bond donors (Lipinski definition) is 1. The average molecular weight is 211 g/mol. The Bertz CT molecular complexity index is 560. The van der Waals surface area contributed by atoms with Crippen molar-refractivity contribution in [1.29, 1.82) is 0 Å². The molecule has 1 aromatic heterocycles. The number of carbonyl (C=O) groups is 1. The number of fused-ring (bicyclic) bond motifs is 1. The second-order valence-electron chi connectivity index (χ2n) is 3.16. The molecule has 0 spiro atoms. The molecule has 1 heterocycles. The minimum absolute atomic E-state index is 0.109. The number of nitrogens with zero attached hydrogens (tertiary/aromatic N) is 1. The van der Waals surface area contributed by atoms with Crippen molar-refractivity contribution in [2.45, 2.75) is 6.92 Å². The Kier molecular flexibility index (Phi) is 1.96. The molecular formula is C10H7F2NO2. The lowest BCUT2D eigenvalue weighted by Crippen LogP contribution is -2.04. The number of hydrogen-bond acceptors (Lipinski definition) is 2. The summed E-state index contributed by atoms with van der Waals surface area (Å²) in [6.45, 7) is 1.24. The Hall–Kier alpha value is -1.91. The van der Waals surface area contributed by atoms with E-state index in [-0.39, 0.29) is 10.9 Å². The van der Waals surface area contributed by atoms with Gasteiger partial charge in [0.2, 0.25) is 5.91 Å². The van der Waals surface area contributed by atoms with E-state index in [4.69, 9.17) is 5.11 Å². The summed E-state index contributed by atoms with van der Waals surface area (Å²) in [5.41, 5.74) is -0.155. The van der Waals surface area contributed by atoms with Crippen LogP contribution in [-0.4, -0.2) is 15.6 Å². The number of phenolic OH excluding ortho intramolecular Hbond substituents is 1. The number of benzene rings is 1. The number of halogens is 2. The van der Waals surface area contributed by atoms with Crippen LogP contribution in [0.5, 0.6) is 5.75 Å². The Balaban J connectivity index is 2.93. The maximum Gasteiger partial charge on any atom is 0.228 e. The normalized spacial score (nSPS) is 10.9. The molecule has 78 valence electrons. The van der Waals surface area contributed by atoms with E-state index in [1.807, 2.05) is 0 Å². The van der Waals surface area contributed by atoms with Gasteiger partial charge < -0.3 is 5.11 Å². The first kappa shape index (κ1) is 9.64. The van der Waals surface area contributed by atoms with E-state index >= 15 is 0 Å². The number of phenols is 1. The monoisotopic (exact) mass is 211 g/mol. The van der Waals surface area contributed by atoms with Crippen molar-refractivity contribution in [2.24, 2.45) is 0 Å². The van der Waals surface area contributed by atoms with E-state index in [2.05, 4.69) is 0 Å². The lowest BCUT2D eigenvalue weighted by Gasteiger charge is -2.02. The SMILES string of the molecule is CC(=O)n1ccc2c(F)c(O)cc(F)c21. The molecule has 1 aromatic carbocycles. The van der Waals surface area contributed by atoms with Crippen molar-refractivity contribution in [1.82, 2.24) is 4.57 Å². The minimum atomic E-state index is -0.925. The fraction of sp³-hybridized carbons (Fsp3) is 0.100. The van der Waals surface area contributed by atoms with E-state index < -0.39 is 23.3 Å². The van der Waals surface area contributed by atoms with Crippen LogP contribution < -0.4 is 0 Å². The zero-order valence-corrected chi connectivity index (χ0v) is 7.79. The zero-order chi connectivity index (χ0) is 11.2. The molecule has 0 aliphatic heterocycles. The summed E-state index contributed by atoms with van der Waals surface area (Å²) in [5.74, 6) is -2.94. The molecule has 0 saturated carbocycles. The van der Waals surface area contributed by atoms with E-state index in [1.54, 1.807) is 0 Å². The first-order chi connectivity index (χ1) is 7.02. The maximum atomic E-state index is 13.4. The van der Waals surface area contributed by atoms with Crippen LogP contribution in [-0.2, 0) is 0 Å². The Morgan fingerprint density at radius 1 is 1.47 bits per heavy atom. The minimum Gasteiger partial charge on any atom is -0.505 e. The molecule has 0 bridgehead atoms. The van der Waals surface area contributed by atoms with Crippen molar-refractivity contribution in [3.63, 3.8) is 0 Å². The van der Waals surface area contributed by atoms with Crippen LogP contribution in [0, 0.1) is 11.6 Å². The summed E-state index contributed by atoms with van der Waals surface area (Å²) in [5, 5.41) is 8.93. The number of carbonyl (C=O) groups excluding carboxylic acids is 1. The number of aromatic hydroxyl groups is 1. The van der Waals surface area contributed by atoms with Gasteiger partial charge in [-0.1, -0.05) is 0 Å². The van der Waals surface area contributed by atoms with E-state index in [9.17, 15) is 13.6 Å². The van der Waals surface area contributed by atoms with Crippen LogP contribution in [0.3, 0.4) is 0 Å². The fourth-order valence-electron chi connectivity index (χ4n) is 1.51. The van der Waals surface area contributed by atoms with Gasteiger partial charge in [-0.25, -0.2) is 8.78 Å². The molecule has 3 nitrogen and oxygen atoms in total. The first-order valence-electron chi connectivity index (χ1n) is 4.21. The number of aromatic nitrogens is 1. The largest absolute Gasteiger partial charge is 0.505 e. The van der Waals surface area contributed by atoms with E-state index in [1.165, 1.54) is 19.2 Å². The topological polar surface area (TPSA) is 42.2 Å². The van der Waals surface area contributed by atoms with Crippen molar-refractivity contribution in [3.8, 4) is 5.75 Å². The van der Waals surface area contributed by atoms with Gasteiger partial charge in [0.15, 0.2) is 17.4 Å². The van der Waals surface area contributed by atoms with Gasteiger partial charge >= 0.3 is 0 Å². The lowest BCUT2D eigenvalue weighted by molar-refractivity contribution is 0.0941. The molecule has 0 fully saturated rings. The summed E-state index contributed by atoms with van der Waals surface area (Å²) < 4.78 is 27.7. The molecule has 0 radical (unpaired) electrons.